The Bertz CT molecular complexity index is 1140. The first kappa shape index (κ1) is 21.9. The molecular formula is C26H26ClN3O2. The summed E-state index contributed by atoms with van der Waals surface area (Å²) in [6.45, 7) is 6.12. The highest BCUT2D eigenvalue weighted by Crippen LogP contribution is 2.25. The Morgan fingerprint density at radius 1 is 1.00 bits per heavy atom. The van der Waals surface area contributed by atoms with Crippen LogP contribution in [0.25, 0.3) is 0 Å². The first-order valence-corrected chi connectivity index (χ1v) is 11.1. The maximum absolute atomic E-state index is 13.3. The highest BCUT2D eigenvalue weighted by atomic mass is 35.5. The number of benzene rings is 3. The van der Waals surface area contributed by atoms with Crippen molar-refractivity contribution in [3.05, 3.63) is 94.0 Å². The van der Waals surface area contributed by atoms with Crippen LogP contribution in [0, 0.1) is 13.8 Å². The molecule has 0 radical (unpaired) electrons. The van der Waals surface area contributed by atoms with Crippen molar-refractivity contribution in [2.24, 2.45) is 0 Å². The second-order valence-electron chi connectivity index (χ2n) is 8.15. The van der Waals surface area contributed by atoms with E-state index in [1.165, 1.54) is 16.7 Å². The van der Waals surface area contributed by atoms with E-state index in [-0.39, 0.29) is 11.9 Å². The highest BCUT2D eigenvalue weighted by molar-refractivity contribution is 6.30. The van der Waals surface area contributed by atoms with Crippen LogP contribution in [0.5, 0.6) is 0 Å². The van der Waals surface area contributed by atoms with Crippen LogP contribution in [0.3, 0.4) is 0 Å². The number of aryl methyl sites for hydroxylation is 2. The molecule has 0 atom stereocenters. The lowest BCUT2D eigenvalue weighted by Gasteiger charge is -2.36. The molecule has 1 aliphatic rings. The summed E-state index contributed by atoms with van der Waals surface area (Å²) in [6.07, 6.45) is 0.887. The number of carbonyl (C=O) groups excluding carboxylic acids is 2. The Morgan fingerprint density at radius 2 is 1.78 bits per heavy atom. The third-order valence-electron chi connectivity index (χ3n) is 5.70. The number of nitrogens with one attached hydrogen (secondary N) is 1. The number of anilines is 2. The van der Waals surface area contributed by atoms with Gasteiger partial charge in [-0.15, -0.1) is 0 Å². The summed E-state index contributed by atoms with van der Waals surface area (Å²) in [5.41, 5.74) is 5.48. The van der Waals surface area contributed by atoms with Gasteiger partial charge in [-0.05, 0) is 73.9 Å². The Morgan fingerprint density at radius 3 is 2.56 bits per heavy atom. The summed E-state index contributed by atoms with van der Waals surface area (Å²) in [5, 5.41) is 3.48. The molecule has 4 rings (SSSR count). The standard InChI is InChI=1S/C26H26ClN3O2/c1-18-7-8-19(2)21(15-18)17-29-13-4-14-30(26(29)32)24-6-3-5-23(16-24)28-25(31)20-9-11-22(27)12-10-20/h3,5-12,15-16H,4,13-14,17H2,1-2H3,(H,28,31). The number of rotatable bonds is 5. The largest absolute Gasteiger partial charge is 0.324 e. The fraction of sp³-hybridized carbons (Fsp3) is 0.231. The molecule has 0 aromatic heterocycles. The van der Waals surface area contributed by atoms with E-state index in [0.29, 0.717) is 29.4 Å². The third-order valence-corrected chi connectivity index (χ3v) is 5.95. The maximum atomic E-state index is 13.3. The number of hydrogen-bond donors (Lipinski definition) is 1. The maximum Gasteiger partial charge on any atom is 0.324 e. The van der Waals surface area contributed by atoms with Crippen molar-refractivity contribution in [1.29, 1.82) is 0 Å². The number of halogens is 1. The molecule has 1 saturated heterocycles. The second kappa shape index (κ2) is 9.45. The van der Waals surface area contributed by atoms with Gasteiger partial charge in [0, 0.05) is 41.6 Å². The Labute approximate surface area is 193 Å². The van der Waals surface area contributed by atoms with Gasteiger partial charge in [-0.25, -0.2) is 4.79 Å². The number of amides is 3. The topological polar surface area (TPSA) is 52.6 Å². The minimum absolute atomic E-state index is 0.0154. The van der Waals surface area contributed by atoms with Gasteiger partial charge in [0.25, 0.3) is 5.91 Å². The van der Waals surface area contributed by atoms with Crippen LogP contribution in [0.1, 0.15) is 33.5 Å². The van der Waals surface area contributed by atoms with Crippen molar-refractivity contribution in [3.63, 3.8) is 0 Å². The van der Waals surface area contributed by atoms with E-state index in [1.807, 2.05) is 29.2 Å². The molecule has 6 heteroatoms. The zero-order valence-corrected chi connectivity index (χ0v) is 19.0. The summed E-state index contributed by atoms with van der Waals surface area (Å²) >= 11 is 5.90. The molecule has 3 aromatic carbocycles. The molecule has 164 valence electrons. The molecule has 0 aliphatic carbocycles. The molecular weight excluding hydrogens is 422 g/mol. The second-order valence-corrected chi connectivity index (χ2v) is 8.59. The van der Waals surface area contributed by atoms with Crippen molar-refractivity contribution < 1.29 is 9.59 Å². The Hall–Kier alpha value is -3.31. The zero-order valence-electron chi connectivity index (χ0n) is 18.3. The van der Waals surface area contributed by atoms with Gasteiger partial charge in [-0.1, -0.05) is 41.4 Å². The molecule has 0 spiro atoms. The molecule has 1 heterocycles. The summed E-state index contributed by atoms with van der Waals surface area (Å²) in [4.78, 5) is 29.5. The molecule has 0 unspecified atom stereocenters. The molecule has 1 fully saturated rings. The fourth-order valence-electron chi connectivity index (χ4n) is 3.90. The van der Waals surface area contributed by atoms with Crippen molar-refractivity contribution in [2.45, 2.75) is 26.8 Å². The predicted octanol–water partition coefficient (Wildman–Crippen LogP) is 6.04. The summed E-state index contributed by atoms with van der Waals surface area (Å²) in [5.74, 6) is -0.222. The lowest BCUT2D eigenvalue weighted by molar-refractivity contribution is 0.102. The first-order valence-electron chi connectivity index (χ1n) is 10.7. The fourth-order valence-corrected chi connectivity index (χ4v) is 4.03. The van der Waals surface area contributed by atoms with Gasteiger partial charge < -0.3 is 10.2 Å². The lowest BCUT2D eigenvalue weighted by atomic mass is 10.0. The normalized spacial score (nSPS) is 13.9. The minimum atomic E-state index is -0.222. The SMILES string of the molecule is Cc1ccc(C)c(CN2CCCN(c3cccc(NC(=O)c4ccc(Cl)cc4)c3)C2=O)c1. The van der Waals surface area contributed by atoms with Crippen LogP contribution in [-0.4, -0.2) is 29.9 Å². The Balaban J connectivity index is 1.49. The molecule has 0 bridgehead atoms. The molecule has 3 aromatic rings. The number of hydrogen-bond acceptors (Lipinski definition) is 2. The van der Waals surface area contributed by atoms with Gasteiger partial charge in [0.1, 0.15) is 0 Å². The van der Waals surface area contributed by atoms with Crippen LogP contribution in [0.2, 0.25) is 5.02 Å². The average Bonchev–Trinajstić information content (AvgIpc) is 2.78. The molecule has 1 aliphatic heterocycles. The van der Waals surface area contributed by atoms with E-state index in [2.05, 4.69) is 37.4 Å². The van der Waals surface area contributed by atoms with Crippen LogP contribution in [-0.2, 0) is 6.54 Å². The van der Waals surface area contributed by atoms with Crippen LogP contribution >= 0.6 is 11.6 Å². The first-order chi connectivity index (χ1) is 15.4. The highest BCUT2D eigenvalue weighted by Gasteiger charge is 2.27. The summed E-state index contributed by atoms with van der Waals surface area (Å²) in [7, 11) is 0. The minimum Gasteiger partial charge on any atom is -0.322 e. The number of carbonyl (C=O) groups is 2. The van der Waals surface area contributed by atoms with E-state index in [0.717, 1.165) is 18.7 Å². The van der Waals surface area contributed by atoms with Crippen LogP contribution in [0.4, 0.5) is 16.2 Å². The van der Waals surface area contributed by atoms with Crippen LogP contribution in [0.15, 0.2) is 66.7 Å². The van der Waals surface area contributed by atoms with Crippen LogP contribution < -0.4 is 10.2 Å². The molecule has 1 N–H and O–H groups in total. The average molecular weight is 448 g/mol. The van der Waals surface area contributed by atoms with Crippen molar-refractivity contribution >= 4 is 34.9 Å². The third kappa shape index (κ3) is 4.94. The number of urea groups is 1. The van der Waals surface area contributed by atoms with Gasteiger partial charge in [-0.2, -0.15) is 0 Å². The predicted molar refractivity (Wildman–Crippen MR) is 130 cm³/mol. The van der Waals surface area contributed by atoms with E-state index in [1.54, 1.807) is 29.2 Å². The summed E-state index contributed by atoms with van der Waals surface area (Å²) in [6, 6.07) is 20.5. The van der Waals surface area contributed by atoms with Crippen molar-refractivity contribution in [3.8, 4) is 0 Å². The molecule has 32 heavy (non-hydrogen) atoms. The molecule has 0 saturated carbocycles. The molecule has 3 amide bonds. The van der Waals surface area contributed by atoms with Gasteiger partial charge >= 0.3 is 6.03 Å². The summed E-state index contributed by atoms with van der Waals surface area (Å²) < 4.78 is 0. The van der Waals surface area contributed by atoms with Gasteiger partial charge in [0.2, 0.25) is 0 Å². The van der Waals surface area contributed by atoms with E-state index < -0.39 is 0 Å². The Kier molecular flexibility index (Phi) is 6.47. The zero-order chi connectivity index (χ0) is 22.7. The molecule has 5 nitrogen and oxygen atoms in total. The van der Waals surface area contributed by atoms with Gasteiger partial charge in [0.05, 0.1) is 0 Å². The smallest absolute Gasteiger partial charge is 0.322 e. The van der Waals surface area contributed by atoms with Crippen molar-refractivity contribution in [2.75, 3.05) is 23.3 Å². The van der Waals surface area contributed by atoms with E-state index in [4.69, 9.17) is 11.6 Å². The van der Waals surface area contributed by atoms with Crippen molar-refractivity contribution in [1.82, 2.24) is 4.90 Å². The van der Waals surface area contributed by atoms with Gasteiger partial charge in [-0.3, -0.25) is 9.69 Å². The number of nitrogens with zero attached hydrogens (tertiary/aromatic N) is 2. The quantitative estimate of drug-likeness (QED) is 0.518. The lowest BCUT2D eigenvalue weighted by Crippen LogP contribution is -2.49. The van der Waals surface area contributed by atoms with E-state index >= 15 is 0 Å². The van der Waals surface area contributed by atoms with E-state index in [9.17, 15) is 9.59 Å². The van der Waals surface area contributed by atoms with Gasteiger partial charge in [0.15, 0.2) is 0 Å². The monoisotopic (exact) mass is 447 g/mol.